The molecule has 0 aromatic heterocycles. The Balaban J connectivity index is 1.87. The summed E-state index contributed by atoms with van der Waals surface area (Å²) in [6.07, 6.45) is 2.69. The zero-order valence-corrected chi connectivity index (χ0v) is 10.5. The van der Waals surface area contributed by atoms with E-state index in [9.17, 15) is 0 Å². The number of ether oxygens (including phenoxy) is 1. The van der Waals surface area contributed by atoms with Crippen molar-refractivity contribution in [2.45, 2.75) is 25.7 Å². The summed E-state index contributed by atoms with van der Waals surface area (Å²) in [6, 6.07) is 8.54. The molecule has 0 saturated heterocycles. The summed E-state index contributed by atoms with van der Waals surface area (Å²) in [6.45, 7) is 3.78. The summed E-state index contributed by atoms with van der Waals surface area (Å²) in [4.78, 5) is 0. The third-order valence-electron chi connectivity index (χ3n) is 3.07. The molecule has 0 radical (unpaired) electrons. The number of aryl methyl sites for hydroxylation is 1. The summed E-state index contributed by atoms with van der Waals surface area (Å²) in [5.74, 6) is 1.79. The van der Waals surface area contributed by atoms with Crippen LogP contribution in [-0.4, -0.2) is 19.1 Å². The molecule has 1 aliphatic carbocycles. The highest BCUT2D eigenvalue weighted by Gasteiger charge is 2.22. The zero-order chi connectivity index (χ0) is 11.4. The monoisotopic (exact) mass is 238 g/mol. The van der Waals surface area contributed by atoms with E-state index in [-0.39, 0.29) is 0 Å². The maximum atomic E-state index is 6.01. The molecule has 1 aliphatic rings. The van der Waals surface area contributed by atoms with Crippen LogP contribution in [0.1, 0.15) is 29.9 Å². The maximum Gasteiger partial charge on any atom is 0.0546 e. The highest BCUT2D eigenvalue weighted by molar-refractivity contribution is 6.18. The minimum absolute atomic E-state index is 0.334. The predicted octanol–water partition coefficient (Wildman–Crippen LogP) is 3.74. The molecule has 0 heterocycles. The van der Waals surface area contributed by atoms with Gasteiger partial charge >= 0.3 is 0 Å². The number of rotatable bonds is 6. The van der Waals surface area contributed by atoms with E-state index in [2.05, 4.69) is 31.2 Å². The molecule has 0 amide bonds. The van der Waals surface area contributed by atoms with Gasteiger partial charge in [0, 0.05) is 18.4 Å². The third-order valence-corrected chi connectivity index (χ3v) is 3.44. The van der Waals surface area contributed by atoms with Gasteiger partial charge in [-0.25, -0.2) is 0 Å². The highest BCUT2D eigenvalue weighted by atomic mass is 35.5. The van der Waals surface area contributed by atoms with E-state index < -0.39 is 0 Å². The van der Waals surface area contributed by atoms with Crippen LogP contribution >= 0.6 is 11.6 Å². The van der Waals surface area contributed by atoms with Crippen molar-refractivity contribution in [1.29, 1.82) is 0 Å². The molecule has 1 atom stereocenters. The van der Waals surface area contributed by atoms with Crippen LogP contribution in [0.3, 0.4) is 0 Å². The number of hydrogen-bond donors (Lipinski definition) is 0. The molecule has 0 N–H and O–H groups in total. The standard InChI is InChI=1S/C14H19ClO/c1-11-3-2-4-13(7-11)14(8-15)10-16-9-12-5-6-12/h2-4,7,12,14H,5-6,8-10H2,1H3. The van der Waals surface area contributed by atoms with E-state index in [1.54, 1.807) is 0 Å². The molecule has 1 aromatic carbocycles. The Bertz CT molecular complexity index is 333. The molecule has 88 valence electrons. The van der Waals surface area contributed by atoms with Crippen LogP contribution < -0.4 is 0 Å². The molecule has 1 saturated carbocycles. The lowest BCUT2D eigenvalue weighted by molar-refractivity contribution is 0.115. The molecule has 0 bridgehead atoms. The second kappa shape index (κ2) is 5.70. The highest BCUT2D eigenvalue weighted by Crippen LogP contribution is 2.29. The normalized spacial score (nSPS) is 17.4. The minimum atomic E-state index is 0.334. The van der Waals surface area contributed by atoms with E-state index in [0.717, 1.165) is 19.1 Å². The van der Waals surface area contributed by atoms with Crippen molar-refractivity contribution in [3.63, 3.8) is 0 Å². The summed E-state index contributed by atoms with van der Waals surface area (Å²) >= 11 is 6.01. The molecule has 1 fully saturated rings. The number of benzene rings is 1. The van der Waals surface area contributed by atoms with E-state index in [1.807, 2.05) is 0 Å². The van der Waals surface area contributed by atoms with Crippen molar-refractivity contribution in [1.82, 2.24) is 0 Å². The second-order valence-electron chi connectivity index (χ2n) is 4.75. The first-order valence-electron chi connectivity index (χ1n) is 6.00. The van der Waals surface area contributed by atoms with Gasteiger partial charge in [0.2, 0.25) is 0 Å². The largest absolute Gasteiger partial charge is 0.380 e. The fraction of sp³-hybridized carbons (Fsp3) is 0.571. The molecule has 0 spiro atoms. The van der Waals surface area contributed by atoms with Crippen molar-refractivity contribution < 1.29 is 4.74 Å². The number of hydrogen-bond acceptors (Lipinski definition) is 1. The fourth-order valence-electron chi connectivity index (χ4n) is 1.82. The van der Waals surface area contributed by atoms with E-state index in [0.29, 0.717) is 11.8 Å². The Hall–Kier alpha value is -0.530. The minimum Gasteiger partial charge on any atom is -0.380 e. The van der Waals surface area contributed by atoms with Crippen molar-refractivity contribution in [3.05, 3.63) is 35.4 Å². The molecule has 1 nitrogen and oxygen atoms in total. The average Bonchev–Trinajstić information content (AvgIpc) is 3.08. The summed E-state index contributed by atoms with van der Waals surface area (Å²) in [5.41, 5.74) is 2.58. The molecule has 0 aliphatic heterocycles. The van der Waals surface area contributed by atoms with Crippen LogP contribution in [0.4, 0.5) is 0 Å². The van der Waals surface area contributed by atoms with E-state index in [1.165, 1.54) is 24.0 Å². The van der Waals surface area contributed by atoms with Gasteiger partial charge in [0.25, 0.3) is 0 Å². The molecular weight excluding hydrogens is 220 g/mol. The molecule has 2 heteroatoms. The lowest BCUT2D eigenvalue weighted by Crippen LogP contribution is -2.11. The zero-order valence-electron chi connectivity index (χ0n) is 9.79. The first kappa shape index (κ1) is 11.9. The Labute approximate surface area is 103 Å². The summed E-state index contributed by atoms with van der Waals surface area (Å²) in [5, 5.41) is 0. The van der Waals surface area contributed by atoms with Gasteiger partial charge < -0.3 is 4.74 Å². The quantitative estimate of drug-likeness (QED) is 0.686. The average molecular weight is 239 g/mol. The molecule has 16 heavy (non-hydrogen) atoms. The van der Waals surface area contributed by atoms with Crippen molar-refractivity contribution in [2.75, 3.05) is 19.1 Å². The summed E-state index contributed by atoms with van der Waals surface area (Å²) in [7, 11) is 0. The Kier molecular flexibility index (Phi) is 4.25. The lowest BCUT2D eigenvalue weighted by atomic mass is 10.0. The Morgan fingerprint density at radius 1 is 1.44 bits per heavy atom. The topological polar surface area (TPSA) is 9.23 Å². The first-order valence-corrected chi connectivity index (χ1v) is 6.53. The van der Waals surface area contributed by atoms with Gasteiger partial charge in [-0.05, 0) is 31.2 Å². The van der Waals surface area contributed by atoms with Gasteiger partial charge in [-0.1, -0.05) is 29.8 Å². The summed E-state index contributed by atoms with van der Waals surface area (Å²) < 4.78 is 5.72. The fourth-order valence-corrected chi connectivity index (χ4v) is 2.08. The van der Waals surface area contributed by atoms with Gasteiger partial charge in [-0.15, -0.1) is 11.6 Å². The molecule has 1 aromatic rings. The third kappa shape index (κ3) is 3.50. The predicted molar refractivity (Wildman–Crippen MR) is 68.2 cm³/mol. The van der Waals surface area contributed by atoms with E-state index >= 15 is 0 Å². The van der Waals surface area contributed by atoms with Crippen molar-refractivity contribution in [2.24, 2.45) is 5.92 Å². The first-order chi connectivity index (χ1) is 7.79. The molecule has 1 unspecified atom stereocenters. The van der Waals surface area contributed by atoms with Gasteiger partial charge in [0.1, 0.15) is 0 Å². The van der Waals surface area contributed by atoms with Crippen molar-refractivity contribution >= 4 is 11.6 Å². The Morgan fingerprint density at radius 3 is 2.88 bits per heavy atom. The number of halogens is 1. The van der Waals surface area contributed by atoms with Crippen LogP contribution in [0.15, 0.2) is 24.3 Å². The smallest absolute Gasteiger partial charge is 0.0546 e. The van der Waals surface area contributed by atoms with Gasteiger partial charge in [-0.3, -0.25) is 0 Å². The van der Waals surface area contributed by atoms with Crippen LogP contribution in [0.2, 0.25) is 0 Å². The number of alkyl halides is 1. The van der Waals surface area contributed by atoms with E-state index in [4.69, 9.17) is 16.3 Å². The van der Waals surface area contributed by atoms with Crippen LogP contribution in [-0.2, 0) is 4.74 Å². The van der Waals surface area contributed by atoms with Crippen molar-refractivity contribution in [3.8, 4) is 0 Å². The molecule has 2 rings (SSSR count). The van der Waals surface area contributed by atoms with Crippen LogP contribution in [0, 0.1) is 12.8 Å². The SMILES string of the molecule is Cc1cccc(C(CCl)COCC2CC2)c1. The Morgan fingerprint density at radius 2 is 2.25 bits per heavy atom. The molecular formula is C14H19ClO. The lowest BCUT2D eigenvalue weighted by Gasteiger charge is -2.15. The van der Waals surface area contributed by atoms with Crippen LogP contribution in [0.25, 0.3) is 0 Å². The maximum absolute atomic E-state index is 6.01. The van der Waals surface area contributed by atoms with Gasteiger partial charge in [0.05, 0.1) is 6.61 Å². The second-order valence-corrected chi connectivity index (χ2v) is 5.05. The van der Waals surface area contributed by atoms with Gasteiger partial charge in [-0.2, -0.15) is 0 Å². The van der Waals surface area contributed by atoms with Gasteiger partial charge in [0.15, 0.2) is 0 Å². The van der Waals surface area contributed by atoms with Crippen LogP contribution in [0.5, 0.6) is 0 Å².